The number of ether oxygens (including phenoxy) is 1. The van der Waals surface area contributed by atoms with E-state index in [-0.39, 0.29) is 22.0 Å². The predicted octanol–water partition coefficient (Wildman–Crippen LogP) is 3.04. The average molecular weight is 318 g/mol. The van der Waals surface area contributed by atoms with Crippen molar-refractivity contribution in [3.8, 4) is 5.75 Å². The molecule has 1 aromatic rings. The maximum absolute atomic E-state index is 12.2. The van der Waals surface area contributed by atoms with Gasteiger partial charge in [-0.25, -0.2) is 0 Å². The van der Waals surface area contributed by atoms with Crippen molar-refractivity contribution >= 4 is 29.1 Å². The highest BCUT2D eigenvalue weighted by atomic mass is 35.5. The van der Waals surface area contributed by atoms with Crippen molar-refractivity contribution in [3.05, 3.63) is 27.7 Å². The number of hydrogen-bond acceptors (Lipinski definition) is 3. The molecule has 0 bridgehead atoms. The maximum Gasteiger partial charge on any atom is 0.251 e. The molecule has 4 nitrogen and oxygen atoms in total. The van der Waals surface area contributed by atoms with Crippen LogP contribution in [0.4, 0.5) is 0 Å². The molecule has 2 atom stereocenters. The molecule has 20 heavy (non-hydrogen) atoms. The van der Waals surface area contributed by atoms with Gasteiger partial charge in [0.05, 0.1) is 29.3 Å². The quantitative estimate of drug-likeness (QED) is 0.900. The van der Waals surface area contributed by atoms with Crippen molar-refractivity contribution in [3.63, 3.8) is 0 Å². The van der Waals surface area contributed by atoms with Gasteiger partial charge in [-0.1, -0.05) is 36.0 Å². The summed E-state index contributed by atoms with van der Waals surface area (Å²) < 4.78 is 5.04. The van der Waals surface area contributed by atoms with Gasteiger partial charge in [0.25, 0.3) is 5.91 Å². The van der Waals surface area contributed by atoms with Crippen LogP contribution in [-0.4, -0.2) is 30.3 Å². The van der Waals surface area contributed by atoms with Gasteiger partial charge in [0.1, 0.15) is 0 Å². The zero-order valence-electron chi connectivity index (χ0n) is 11.2. The highest BCUT2D eigenvalue weighted by Gasteiger charge is 2.25. The third kappa shape index (κ3) is 3.37. The Bertz CT molecular complexity index is 484. The summed E-state index contributed by atoms with van der Waals surface area (Å²) in [7, 11) is 1.46. The first-order valence-electron chi connectivity index (χ1n) is 6.55. The molecule has 1 amide bonds. The van der Waals surface area contributed by atoms with Crippen LogP contribution in [0.1, 0.15) is 36.0 Å². The Hall–Kier alpha value is -0.970. The van der Waals surface area contributed by atoms with E-state index in [9.17, 15) is 9.90 Å². The van der Waals surface area contributed by atoms with Crippen LogP contribution in [0.15, 0.2) is 12.1 Å². The summed E-state index contributed by atoms with van der Waals surface area (Å²) in [4.78, 5) is 12.2. The van der Waals surface area contributed by atoms with Gasteiger partial charge in [-0.15, -0.1) is 0 Å². The lowest BCUT2D eigenvalue weighted by atomic mass is 9.92. The van der Waals surface area contributed by atoms with Gasteiger partial charge < -0.3 is 15.2 Å². The van der Waals surface area contributed by atoms with Crippen molar-refractivity contribution in [1.82, 2.24) is 5.32 Å². The molecule has 0 radical (unpaired) electrons. The van der Waals surface area contributed by atoms with E-state index in [0.29, 0.717) is 11.3 Å². The Morgan fingerprint density at radius 2 is 1.90 bits per heavy atom. The van der Waals surface area contributed by atoms with Gasteiger partial charge in [0.15, 0.2) is 5.75 Å². The minimum atomic E-state index is -0.489. The standard InChI is InChI=1S/C14H17Cl2NO3/c1-20-13-9(15)6-8(7-10(13)16)14(19)17-11-4-2-3-5-12(11)18/h6-7,11-12,18H,2-5H2,1H3,(H,17,19)/t11-,12-/m1/s1. The molecule has 6 heteroatoms. The molecule has 1 aliphatic rings. The summed E-state index contributed by atoms with van der Waals surface area (Å²) in [5.41, 5.74) is 0.360. The molecular weight excluding hydrogens is 301 g/mol. The molecule has 2 rings (SSSR count). The van der Waals surface area contributed by atoms with Gasteiger partial charge in [-0.2, -0.15) is 0 Å². The Morgan fingerprint density at radius 3 is 2.45 bits per heavy atom. The Morgan fingerprint density at radius 1 is 1.30 bits per heavy atom. The SMILES string of the molecule is COc1c(Cl)cc(C(=O)N[C@@H]2CCCC[C@H]2O)cc1Cl. The monoisotopic (exact) mass is 317 g/mol. The van der Waals surface area contributed by atoms with Crippen molar-refractivity contribution < 1.29 is 14.6 Å². The minimum Gasteiger partial charge on any atom is -0.494 e. The van der Waals surface area contributed by atoms with E-state index >= 15 is 0 Å². The third-order valence-electron chi connectivity index (χ3n) is 3.51. The zero-order valence-corrected chi connectivity index (χ0v) is 12.7. The molecule has 0 heterocycles. The topological polar surface area (TPSA) is 58.6 Å². The largest absolute Gasteiger partial charge is 0.494 e. The molecule has 1 fully saturated rings. The normalized spacial score (nSPS) is 22.4. The highest BCUT2D eigenvalue weighted by molar-refractivity contribution is 6.37. The summed E-state index contributed by atoms with van der Waals surface area (Å²) in [5.74, 6) is 0.0602. The number of benzene rings is 1. The van der Waals surface area contributed by atoms with Gasteiger partial charge >= 0.3 is 0 Å². The second-order valence-corrected chi connectivity index (χ2v) is 5.72. The van der Waals surface area contributed by atoms with E-state index in [1.807, 2.05) is 0 Å². The lowest BCUT2D eigenvalue weighted by molar-refractivity contribution is 0.0717. The van der Waals surface area contributed by atoms with Gasteiger partial charge in [0, 0.05) is 5.56 Å². The van der Waals surface area contributed by atoms with Crippen LogP contribution in [-0.2, 0) is 0 Å². The second kappa shape index (κ2) is 6.66. The minimum absolute atomic E-state index is 0.212. The molecule has 1 aromatic carbocycles. The predicted molar refractivity (Wildman–Crippen MR) is 78.7 cm³/mol. The van der Waals surface area contributed by atoms with Gasteiger partial charge in [-0.3, -0.25) is 4.79 Å². The zero-order chi connectivity index (χ0) is 14.7. The smallest absolute Gasteiger partial charge is 0.251 e. The van der Waals surface area contributed by atoms with Crippen molar-refractivity contribution in [1.29, 1.82) is 0 Å². The molecule has 1 saturated carbocycles. The molecular formula is C14H17Cl2NO3. The molecule has 0 aromatic heterocycles. The van der Waals surface area contributed by atoms with Crippen LogP contribution in [0.2, 0.25) is 10.0 Å². The van der Waals surface area contributed by atoms with Crippen LogP contribution < -0.4 is 10.1 Å². The summed E-state index contributed by atoms with van der Waals surface area (Å²) >= 11 is 12.0. The Balaban J connectivity index is 2.13. The highest BCUT2D eigenvalue weighted by Crippen LogP contribution is 2.33. The number of aliphatic hydroxyl groups excluding tert-OH is 1. The molecule has 0 unspecified atom stereocenters. The Kier molecular flexibility index (Phi) is 5.13. The second-order valence-electron chi connectivity index (χ2n) is 4.90. The summed E-state index contributed by atoms with van der Waals surface area (Å²) in [6, 6.07) is 2.81. The molecule has 2 N–H and O–H groups in total. The van der Waals surface area contributed by atoms with Crippen LogP contribution in [0.3, 0.4) is 0 Å². The number of halogens is 2. The molecule has 0 aliphatic heterocycles. The van der Waals surface area contributed by atoms with Crippen molar-refractivity contribution in [2.45, 2.75) is 37.8 Å². The van der Waals surface area contributed by atoms with E-state index in [0.717, 1.165) is 25.7 Å². The summed E-state index contributed by atoms with van der Waals surface area (Å²) in [6.07, 6.45) is 3.01. The first-order valence-corrected chi connectivity index (χ1v) is 7.30. The Labute approximate surface area is 128 Å². The fraction of sp³-hybridized carbons (Fsp3) is 0.500. The van der Waals surface area contributed by atoms with E-state index in [4.69, 9.17) is 27.9 Å². The lowest BCUT2D eigenvalue weighted by Crippen LogP contribution is -2.45. The number of carbonyl (C=O) groups excluding carboxylic acids is 1. The van der Waals surface area contributed by atoms with Crippen LogP contribution >= 0.6 is 23.2 Å². The molecule has 0 saturated heterocycles. The van der Waals surface area contributed by atoms with Gasteiger partial charge in [0.2, 0.25) is 0 Å². The van der Waals surface area contributed by atoms with E-state index in [2.05, 4.69) is 5.32 Å². The number of nitrogens with one attached hydrogen (secondary N) is 1. The van der Waals surface area contributed by atoms with Crippen molar-refractivity contribution in [2.75, 3.05) is 7.11 Å². The average Bonchev–Trinajstić information content (AvgIpc) is 2.41. The van der Waals surface area contributed by atoms with E-state index in [1.54, 1.807) is 0 Å². The molecule has 0 spiro atoms. The number of carbonyl (C=O) groups is 1. The van der Waals surface area contributed by atoms with Crippen molar-refractivity contribution in [2.24, 2.45) is 0 Å². The third-order valence-corrected chi connectivity index (χ3v) is 4.07. The maximum atomic E-state index is 12.2. The molecule has 110 valence electrons. The van der Waals surface area contributed by atoms with Crippen LogP contribution in [0.25, 0.3) is 0 Å². The number of amides is 1. The number of aliphatic hydroxyl groups is 1. The summed E-state index contributed by atoms with van der Waals surface area (Å²) in [5, 5.41) is 13.3. The van der Waals surface area contributed by atoms with Crippen LogP contribution in [0, 0.1) is 0 Å². The number of rotatable bonds is 3. The van der Waals surface area contributed by atoms with E-state index < -0.39 is 6.10 Å². The first-order chi connectivity index (χ1) is 9.52. The fourth-order valence-corrected chi connectivity index (χ4v) is 3.06. The van der Waals surface area contributed by atoms with E-state index in [1.165, 1.54) is 19.2 Å². The first kappa shape index (κ1) is 15.4. The summed E-state index contributed by atoms with van der Waals surface area (Å²) in [6.45, 7) is 0. The van der Waals surface area contributed by atoms with Gasteiger partial charge in [-0.05, 0) is 25.0 Å². The molecule has 1 aliphatic carbocycles. The number of methoxy groups -OCH3 is 1. The lowest BCUT2D eigenvalue weighted by Gasteiger charge is -2.28. The fourth-order valence-electron chi connectivity index (χ4n) is 2.42. The number of hydrogen-bond donors (Lipinski definition) is 2. The van der Waals surface area contributed by atoms with Crippen LogP contribution in [0.5, 0.6) is 5.75 Å².